The lowest BCUT2D eigenvalue weighted by Gasteiger charge is -2.27. The molecule has 2 aromatic rings. The van der Waals surface area contributed by atoms with Gasteiger partial charge in [0.05, 0.1) is 30.1 Å². The van der Waals surface area contributed by atoms with Crippen molar-refractivity contribution in [3.05, 3.63) is 62.2 Å². The van der Waals surface area contributed by atoms with Crippen LogP contribution in [0.4, 0.5) is 17.1 Å². The number of nitro benzene ring substituents is 2. The summed E-state index contributed by atoms with van der Waals surface area (Å²) in [6.45, 7) is 0. The van der Waals surface area contributed by atoms with Gasteiger partial charge in [0.1, 0.15) is 17.2 Å². The molecule has 0 bridgehead atoms. The molecule has 0 saturated carbocycles. The maximum absolute atomic E-state index is 13.3. The summed E-state index contributed by atoms with van der Waals surface area (Å²) >= 11 is 0. The third-order valence-electron chi connectivity index (χ3n) is 4.24. The number of benzene rings is 2. The van der Waals surface area contributed by atoms with Crippen molar-refractivity contribution in [1.82, 2.24) is 0 Å². The molecule has 0 aliphatic heterocycles. The van der Waals surface area contributed by atoms with Crippen LogP contribution in [0.1, 0.15) is 11.3 Å². The van der Waals surface area contributed by atoms with E-state index in [-0.39, 0.29) is 11.4 Å². The Labute approximate surface area is 171 Å². The van der Waals surface area contributed by atoms with Crippen LogP contribution in [0.2, 0.25) is 0 Å². The van der Waals surface area contributed by atoms with Gasteiger partial charge in [0, 0.05) is 31.9 Å². The molecule has 0 aromatic heterocycles. The quantitative estimate of drug-likeness (QED) is 0.324. The number of hydrogen-bond donors (Lipinski definition) is 1. The Hall–Kier alpha value is -3.21. The molecule has 2 rings (SSSR count). The highest BCUT2D eigenvalue weighted by molar-refractivity contribution is 7.54. The average Bonchev–Trinajstić information content (AvgIpc) is 2.76. The van der Waals surface area contributed by atoms with E-state index in [2.05, 4.69) is 5.32 Å². The summed E-state index contributed by atoms with van der Waals surface area (Å²) in [5.41, 5.74) is -0.867. The highest BCUT2D eigenvalue weighted by Crippen LogP contribution is 2.61. The van der Waals surface area contributed by atoms with E-state index in [9.17, 15) is 24.8 Å². The molecule has 0 heterocycles. The molecule has 2 aromatic carbocycles. The molecule has 1 atom stereocenters. The molecule has 0 aliphatic rings. The molecule has 0 saturated heterocycles. The number of ether oxygens (including phenoxy) is 2. The van der Waals surface area contributed by atoms with Gasteiger partial charge >= 0.3 is 7.60 Å². The fourth-order valence-corrected chi connectivity index (χ4v) is 4.13. The fourth-order valence-electron chi connectivity index (χ4n) is 2.71. The van der Waals surface area contributed by atoms with Gasteiger partial charge in [-0.2, -0.15) is 0 Å². The lowest BCUT2D eigenvalue weighted by Crippen LogP contribution is -2.15. The van der Waals surface area contributed by atoms with E-state index in [1.807, 2.05) is 0 Å². The van der Waals surface area contributed by atoms with Gasteiger partial charge in [0.2, 0.25) is 0 Å². The lowest BCUT2D eigenvalue weighted by atomic mass is 10.1. The van der Waals surface area contributed by atoms with Crippen LogP contribution >= 0.6 is 7.60 Å². The Morgan fingerprint density at radius 2 is 1.60 bits per heavy atom. The van der Waals surface area contributed by atoms with Crippen molar-refractivity contribution < 1.29 is 32.9 Å². The summed E-state index contributed by atoms with van der Waals surface area (Å²) in [4.78, 5) is 20.9. The third-order valence-corrected chi connectivity index (χ3v) is 6.30. The molecule has 0 fully saturated rings. The zero-order valence-electron chi connectivity index (χ0n) is 16.6. The van der Waals surface area contributed by atoms with E-state index >= 15 is 0 Å². The largest absolute Gasteiger partial charge is 0.497 e. The van der Waals surface area contributed by atoms with Crippen LogP contribution < -0.4 is 14.8 Å². The van der Waals surface area contributed by atoms with Crippen LogP contribution in [0.15, 0.2) is 36.4 Å². The van der Waals surface area contributed by atoms with Gasteiger partial charge in [-0.1, -0.05) is 0 Å². The predicted octanol–water partition coefficient (Wildman–Crippen LogP) is 4.12. The van der Waals surface area contributed by atoms with Gasteiger partial charge in [-0.05, 0) is 18.2 Å². The summed E-state index contributed by atoms with van der Waals surface area (Å²) in [6.07, 6.45) is 0. The van der Waals surface area contributed by atoms with E-state index in [0.29, 0.717) is 11.3 Å². The number of nitro groups is 2. The summed E-state index contributed by atoms with van der Waals surface area (Å²) in [5, 5.41) is 25.2. The molecule has 1 unspecified atom stereocenters. The fraction of sp³-hybridized carbons (Fsp3) is 0.294. The monoisotopic (exact) mass is 441 g/mol. The van der Waals surface area contributed by atoms with Crippen molar-refractivity contribution in [2.24, 2.45) is 0 Å². The van der Waals surface area contributed by atoms with E-state index in [0.717, 1.165) is 18.2 Å². The average molecular weight is 441 g/mol. The van der Waals surface area contributed by atoms with Crippen LogP contribution in [-0.2, 0) is 13.6 Å². The number of non-ortho nitro benzene ring substituents is 1. The second-order valence-electron chi connectivity index (χ2n) is 5.78. The maximum Gasteiger partial charge on any atom is 0.356 e. The number of nitrogens with one attached hydrogen (secondary N) is 1. The van der Waals surface area contributed by atoms with Crippen LogP contribution in [0.25, 0.3) is 0 Å². The van der Waals surface area contributed by atoms with Crippen molar-refractivity contribution in [2.45, 2.75) is 5.78 Å². The van der Waals surface area contributed by atoms with Gasteiger partial charge in [-0.3, -0.25) is 24.8 Å². The van der Waals surface area contributed by atoms with Crippen molar-refractivity contribution in [3.8, 4) is 11.5 Å². The van der Waals surface area contributed by atoms with E-state index in [1.165, 1.54) is 40.6 Å². The van der Waals surface area contributed by atoms with Crippen LogP contribution in [0.3, 0.4) is 0 Å². The summed E-state index contributed by atoms with van der Waals surface area (Å²) in [5.74, 6) is -0.528. The molecule has 13 heteroatoms. The zero-order valence-corrected chi connectivity index (χ0v) is 17.5. The molecule has 12 nitrogen and oxygen atoms in total. The second-order valence-corrected chi connectivity index (χ2v) is 8.10. The first kappa shape index (κ1) is 23.1. The number of anilines is 1. The SMILES string of the molecule is COc1ccc(C(Nc2ccc([N+](=O)[O-])cc2[N+](=O)[O-])P(=O)(OC)OC)c(OC)c1. The van der Waals surface area contributed by atoms with Gasteiger partial charge in [0.15, 0.2) is 5.78 Å². The van der Waals surface area contributed by atoms with E-state index in [4.69, 9.17) is 18.5 Å². The van der Waals surface area contributed by atoms with Crippen molar-refractivity contribution in [1.29, 1.82) is 0 Å². The second kappa shape index (κ2) is 9.53. The number of methoxy groups -OCH3 is 2. The molecule has 0 spiro atoms. The number of nitrogens with zero attached hydrogens (tertiary/aromatic N) is 2. The van der Waals surface area contributed by atoms with Crippen LogP contribution in [0.5, 0.6) is 11.5 Å². The molecule has 30 heavy (non-hydrogen) atoms. The van der Waals surface area contributed by atoms with Crippen LogP contribution in [-0.4, -0.2) is 38.3 Å². The Morgan fingerprint density at radius 3 is 2.10 bits per heavy atom. The Bertz CT molecular complexity index is 990. The molecular formula is C17H20N3O9P. The summed E-state index contributed by atoms with van der Waals surface area (Å²) in [6, 6.07) is 7.68. The van der Waals surface area contributed by atoms with Crippen molar-refractivity contribution in [3.63, 3.8) is 0 Å². The van der Waals surface area contributed by atoms with E-state index < -0.39 is 34.6 Å². The highest BCUT2D eigenvalue weighted by atomic mass is 31.2. The minimum atomic E-state index is -3.91. The Balaban J connectivity index is 2.66. The topological polar surface area (TPSA) is 152 Å². The third kappa shape index (κ3) is 4.67. The maximum atomic E-state index is 13.3. The smallest absolute Gasteiger partial charge is 0.356 e. The van der Waals surface area contributed by atoms with Crippen molar-refractivity contribution in [2.75, 3.05) is 33.8 Å². The van der Waals surface area contributed by atoms with Crippen LogP contribution in [0, 0.1) is 20.2 Å². The molecule has 1 N–H and O–H groups in total. The molecular weight excluding hydrogens is 421 g/mol. The Kier molecular flexibility index (Phi) is 7.33. The minimum Gasteiger partial charge on any atom is -0.497 e. The first-order chi connectivity index (χ1) is 14.2. The lowest BCUT2D eigenvalue weighted by molar-refractivity contribution is -0.393. The van der Waals surface area contributed by atoms with Gasteiger partial charge in [0.25, 0.3) is 11.4 Å². The van der Waals surface area contributed by atoms with E-state index in [1.54, 1.807) is 6.07 Å². The molecule has 0 amide bonds. The van der Waals surface area contributed by atoms with Gasteiger partial charge < -0.3 is 23.8 Å². The first-order valence-corrected chi connectivity index (χ1v) is 9.94. The Morgan fingerprint density at radius 1 is 0.933 bits per heavy atom. The number of hydrogen-bond acceptors (Lipinski definition) is 10. The van der Waals surface area contributed by atoms with Gasteiger partial charge in [-0.15, -0.1) is 0 Å². The highest BCUT2D eigenvalue weighted by Gasteiger charge is 2.39. The molecule has 162 valence electrons. The standard InChI is InChI=1S/C17H20N3O9P/c1-26-12-6-7-13(16(10-12)27-2)17(30(25,28-3)29-4)18-14-8-5-11(19(21)22)9-15(14)20(23)24/h5-10,17-18H,1-4H3. The molecule has 0 radical (unpaired) electrons. The molecule has 0 aliphatic carbocycles. The van der Waals surface area contributed by atoms with Crippen molar-refractivity contribution >= 4 is 24.7 Å². The first-order valence-electron chi connectivity index (χ1n) is 8.33. The normalized spacial score (nSPS) is 12.1. The number of rotatable bonds is 10. The zero-order chi connectivity index (χ0) is 22.5. The minimum absolute atomic E-state index is 0.122. The summed E-state index contributed by atoms with van der Waals surface area (Å²) in [7, 11) is 1.26. The predicted molar refractivity (Wildman–Crippen MR) is 107 cm³/mol. The summed E-state index contributed by atoms with van der Waals surface area (Å²) < 4.78 is 34.0. The van der Waals surface area contributed by atoms with Gasteiger partial charge in [-0.25, -0.2) is 0 Å².